The number of thioether (sulfide) groups is 1. The number of hydrogen-bond acceptors (Lipinski definition) is 2. The molecule has 0 aromatic rings. The Balaban J connectivity index is 3.21. The van der Waals surface area contributed by atoms with Crippen molar-refractivity contribution in [3.63, 3.8) is 0 Å². The third kappa shape index (κ3) is 4.89. The minimum absolute atomic E-state index is 0.293. The van der Waals surface area contributed by atoms with Crippen LogP contribution in [0.5, 0.6) is 0 Å². The third-order valence-electron chi connectivity index (χ3n) is 1.31. The van der Waals surface area contributed by atoms with Gasteiger partial charge < -0.3 is 5.11 Å². The summed E-state index contributed by atoms with van der Waals surface area (Å²) in [6, 6.07) is 0. The van der Waals surface area contributed by atoms with Gasteiger partial charge >= 0.3 is 0 Å². The molecule has 0 aliphatic carbocycles. The summed E-state index contributed by atoms with van der Waals surface area (Å²) in [7, 11) is 0. The number of aliphatic hydroxyl groups is 1. The maximum atomic E-state index is 9.24. The van der Waals surface area contributed by atoms with Crippen LogP contribution in [-0.2, 0) is 0 Å². The van der Waals surface area contributed by atoms with E-state index in [2.05, 4.69) is 13.5 Å². The molecule has 0 bridgehead atoms. The van der Waals surface area contributed by atoms with E-state index in [1.165, 1.54) is 0 Å². The second-order valence-electron chi connectivity index (χ2n) is 2.35. The van der Waals surface area contributed by atoms with Crippen LogP contribution in [0.4, 0.5) is 0 Å². The van der Waals surface area contributed by atoms with E-state index in [1.807, 2.05) is 18.7 Å². The number of aliphatic hydroxyl groups excluding tert-OH is 1. The molecule has 0 aromatic heterocycles. The fourth-order valence-corrected chi connectivity index (χ4v) is 1.26. The first-order valence-corrected chi connectivity index (χ1v) is 4.75. The van der Waals surface area contributed by atoms with Crippen molar-refractivity contribution in [2.45, 2.75) is 26.4 Å². The van der Waals surface area contributed by atoms with Crippen molar-refractivity contribution in [2.75, 3.05) is 11.5 Å². The van der Waals surface area contributed by atoms with Gasteiger partial charge in [0.05, 0.1) is 6.10 Å². The normalized spacial score (nSPS) is 13.1. The van der Waals surface area contributed by atoms with E-state index in [0.29, 0.717) is 0 Å². The summed E-state index contributed by atoms with van der Waals surface area (Å²) in [5.41, 5.74) is 0.872. The highest BCUT2D eigenvalue weighted by Crippen LogP contribution is 2.08. The Kier molecular flexibility index (Phi) is 5.84. The Morgan fingerprint density at radius 2 is 2.30 bits per heavy atom. The smallest absolute Gasteiger partial charge is 0.0752 e. The summed E-state index contributed by atoms with van der Waals surface area (Å²) >= 11 is 1.85. The average Bonchev–Trinajstić information content (AvgIpc) is 1.88. The first-order chi connectivity index (χ1) is 4.68. The first kappa shape index (κ1) is 10.0. The summed E-state index contributed by atoms with van der Waals surface area (Å²) < 4.78 is 0. The minimum Gasteiger partial charge on any atom is -0.389 e. The lowest BCUT2D eigenvalue weighted by molar-refractivity contribution is 0.208. The molecule has 0 aliphatic heterocycles. The van der Waals surface area contributed by atoms with Crippen molar-refractivity contribution in [1.82, 2.24) is 0 Å². The number of hydrogen-bond donors (Lipinski definition) is 1. The van der Waals surface area contributed by atoms with Crippen molar-refractivity contribution in [2.24, 2.45) is 0 Å². The van der Waals surface area contributed by atoms with E-state index >= 15 is 0 Å². The van der Waals surface area contributed by atoms with E-state index in [0.717, 1.165) is 23.5 Å². The summed E-state index contributed by atoms with van der Waals surface area (Å²) in [5.74, 6) is 2.16. The molecule has 1 atom stereocenters. The molecular weight excluding hydrogens is 144 g/mol. The Labute approximate surface area is 67.5 Å². The molecule has 1 nitrogen and oxygen atoms in total. The van der Waals surface area contributed by atoms with Crippen LogP contribution in [-0.4, -0.2) is 22.7 Å². The fraction of sp³-hybridized carbons (Fsp3) is 0.750. The molecule has 0 aromatic carbocycles. The van der Waals surface area contributed by atoms with Gasteiger partial charge in [-0.3, -0.25) is 0 Å². The lowest BCUT2D eigenvalue weighted by Crippen LogP contribution is -2.08. The molecule has 0 fully saturated rings. The summed E-state index contributed by atoms with van der Waals surface area (Å²) in [6.07, 6.45) is 0.549. The van der Waals surface area contributed by atoms with E-state index in [1.54, 1.807) is 0 Å². The van der Waals surface area contributed by atoms with Gasteiger partial charge in [-0.05, 0) is 24.9 Å². The standard InChI is InChI=1S/C8H16OS/c1-4-10-6-5-8(9)7(2)3/h8-9H,2,4-6H2,1,3H3. The molecule has 1 N–H and O–H groups in total. The molecule has 10 heavy (non-hydrogen) atoms. The van der Waals surface area contributed by atoms with Crippen molar-refractivity contribution in [3.05, 3.63) is 12.2 Å². The van der Waals surface area contributed by atoms with E-state index in [9.17, 15) is 5.11 Å². The maximum absolute atomic E-state index is 9.24. The Morgan fingerprint density at radius 1 is 1.70 bits per heavy atom. The van der Waals surface area contributed by atoms with E-state index < -0.39 is 0 Å². The van der Waals surface area contributed by atoms with E-state index in [4.69, 9.17) is 0 Å². The van der Waals surface area contributed by atoms with Crippen molar-refractivity contribution in [3.8, 4) is 0 Å². The van der Waals surface area contributed by atoms with Crippen LogP contribution in [0.15, 0.2) is 12.2 Å². The van der Waals surface area contributed by atoms with Gasteiger partial charge in [0.15, 0.2) is 0 Å². The monoisotopic (exact) mass is 160 g/mol. The molecule has 60 valence electrons. The second kappa shape index (κ2) is 5.81. The summed E-state index contributed by atoms with van der Waals surface area (Å²) in [4.78, 5) is 0. The van der Waals surface area contributed by atoms with Crippen molar-refractivity contribution >= 4 is 11.8 Å². The Hall–Kier alpha value is 0.0500. The lowest BCUT2D eigenvalue weighted by Gasteiger charge is -2.08. The molecule has 0 aliphatic rings. The van der Waals surface area contributed by atoms with Gasteiger partial charge in [0.1, 0.15) is 0 Å². The van der Waals surface area contributed by atoms with Gasteiger partial charge in [0, 0.05) is 0 Å². The zero-order valence-corrected chi connectivity index (χ0v) is 7.58. The molecule has 0 saturated heterocycles. The topological polar surface area (TPSA) is 20.2 Å². The fourth-order valence-electron chi connectivity index (χ4n) is 0.586. The van der Waals surface area contributed by atoms with Gasteiger partial charge in [-0.1, -0.05) is 19.1 Å². The number of rotatable bonds is 5. The van der Waals surface area contributed by atoms with E-state index in [-0.39, 0.29) is 6.10 Å². The van der Waals surface area contributed by atoms with Gasteiger partial charge in [-0.2, -0.15) is 11.8 Å². The second-order valence-corrected chi connectivity index (χ2v) is 3.74. The first-order valence-electron chi connectivity index (χ1n) is 3.59. The Bertz CT molecular complexity index is 101. The SMILES string of the molecule is C=C(C)C(O)CCSCC. The van der Waals surface area contributed by atoms with Crippen LogP contribution in [0.2, 0.25) is 0 Å². The van der Waals surface area contributed by atoms with Gasteiger partial charge in [0.25, 0.3) is 0 Å². The lowest BCUT2D eigenvalue weighted by atomic mass is 10.1. The molecule has 0 rings (SSSR count). The van der Waals surface area contributed by atoms with Crippen LogP contribution >= 0.6 is 11.8 Å². The Morgan fingerprint density at radius 3 is 2.70 bits per heavy atom. The largest absolute Gasteiger partial charge is 0.389 e. The average molecular weight is 160 g/mol. The van der Waals surface area contributed by atoms with Crippen LogP contribution in [0.1, 0.15) is 20.3 Å². The molecule has 2 heteroatoms. The quantitative estimate of drug-likeness (QED) is 0.491. The van der Waals surface area contributed by atoms with Crippen LogP contribution in [0.3, 0.4) is 0 Å². The highest BCUT2D eigenvalue weighted by atomic mass is 32.2. The van der Waals surface area contributed by atoms with Crippen LogP contribution < -0.4 is 0 Å². The predicted octanol–water partition coefficient (Wildman–Crippen LogP) is 2.07. The van der Waals surface area contributed by atoms with Gasteiger partial charge in [-0.25, -0.2) is 0 Å². The third-order valence-corrected chi connectivity index (χ3v) is 2.24. The molecule has 0 radical (unpaired) electrons. The van der Waals surface area contributed by atoms with Crippen LogP contribution in [0, 0.1) is 0 Å². The molecule has 0 spiro atoms. The zero-order valence-electron chi connectivity index (χ0n) is 6.76. The molecule has 0 amide bonds. The van der Waals surface area contributed by atoms with Gasteiger partial charge in [0.2, 0.25) is 0 Å². The summed E-state index contributed by atoms with van der Waals surface area (Å²) in [5, 5.41) is 9.24. The predicted molar refractivity (Wildman–Crippen MR) is 48.4 cm³/mol. The van der Waals surface area contributed by atoms with Crippen molar-refractivity contribution < 1.29 is 5.11 Å². The van der Waals surface area contributed by atoms with Crippen LogP contribution in [0.25, 0.3) is 0 Å². The molecule has 1 unspecified atom stereocenters. The highest BCUT2D eigenvalue weighted by Gasteiger charge is 2.02. The molecular formula is C8H16OS. The highest BCUT2D eigenvalue weighted by molar-refractivity contribution is 7.99. The molecule has 0 saturated carbocycles. The molecule has 0 heterocycles. The summed E-state index contributed by atoms with van der Waals surface area (Å²) in [6.45, 7) is 7.66. The van der Waals surface area contributed by atoms with Gasteiger partial charge in [-0.15, -0.1) is 0 Å². The van der Waals surface area contributed by atoms with Crippen molar-refractivity contribution in [1.29, 1.82) is 0 Å². The minimum atomic E-state index is -0.293. The maximum Gasteiger partial charge on any atom is 0.0752 e. The zero-order chi connectivity index (χ0) is 7.98.